The second-order valence-electron chi connectivity index (χ2n) is 5.77. The van der Waals surface area contributed by atoms with E-state index in [1.54, 1.807) is 0 Å². The van der Waals surface area contributed by atoms with Crippen LogP contribution in [0.4, 0.5) is 11.4 Å². The Morgan fingerprint density at radius 1 is 0.852 bits per heavy atom. The predicted molar refractivity (Wildman–Crippen MR) is 108 cm³/mol. The molecule has 138 valence electrons. The summed E-state index contributed by atoms with van der Waals surface area (Å²) in [5.74, 6) is 2.04. The van der Waals surface area contributed by atoms with E-state index in [4.69, 9.17) is 9.47 Å². The molecule has 0 spiro atoms. The maximum Gasteiger partial charge on any atom is 0.243 e. The lowest BCUT2D eigenvalue weighted by Crippen LogP contribution is -2.22. The smallest absolute Gasteiger partial charge is 0.243 e. The second-order valence-corrected chi connectivity index (χ2v) is 5.77. The quantitative estimate of drug-likeness (QED) is 0.597. The molecule has 5 nitrogen and oxygen atoms in total. The Bertz CT molecular complexity index is 864. The maximum absolute atomic E-state index is 12.2. The van der Waals surface area contributed by atoms with Crippen molar-refractivity contribution in [3.05, 3.63) is 78.9 Å². The van der Waals surface area contributed by atoms with Gasteiger partial charge < -0.3 is 20.1 Å². The summed E-state index contributed by atoms with van der Waals surface area (Å²) in [6, 6.07) is 24.4. The van der Waals surface area contributed by atoms with Crippen molar-refractivity contribution in [2.24, 2.45) is 0 Å². The normalized spacial score (nSPS) is 10.1. The Hall–Kier alpha value is -3.47. The monoisotopic (exact) mass is 362 g/mol. The van der Waals surface area contributed by atoms with Gasteiger partial charge in [-0.25, -0.2) is 0 Å². The molecule has 0 saturated heterocycles. The van der Waals surface area contributed by atoms with Crippen molar-refractivity contribution < 1.29 is 14.3 Å². The molecule has 0 aliphatic rings. The van der Waals surface area contributed by atoms with Crippen LogP contribution in [0.15, 0.2) is 78.9 Å². The van der Waals surface area contributed by atoms with Gasteiger partial charge in [0.25, 0.3) is 0 Å². The summed E-state index contributed by atoms with van der Waals surface area (Å²) in [4.78, 5) is 12.2. The molecule has 27 heavy (non-hydrogen) atoms. The van der Waals surface area contributed by atoms with Gasteiger partial charge in [0.1, 0.15) is 17.2 Å². The van der Waals surface area contributed by atoms with E-state index in [0.717, 1.165) is 17.2 Å². The van der Waals surface area contributed by atoms with Gasteiger partial charge in [-0.15, -0.1) is 0 Å². The summed E-state index contributed by atoms with van der Waals surface area (Å²) in [5, 5.41) is 5.96. The van der Waals surface area contributed by atoms with E-state index in [2.05, 4.69) is 10.6 Å². The van der Waals surface area contributed by atoms with E-state index in [0.29, 0.717) is 18.0 Å². The highest BCUT2D eigenvalue weighted by Crippen LogP contribution is 2.24. The number of para-hydroxylation sites is 3. The van der Waals surface area contributed by atoms with Crippen molar-refractivity contribution in [2.45, 2.75) is 6.92 Å². The zero-order valence-corrected chi connectivity index (χ0v) is 15.1. The SMILES string of the molecule is CCOc1ccccc1NC(=O)CNc1ccc(Oc2ccccc2)cc1. The number of amides is 1. The molecule has 0 aliphatic carbocycles. The summed E-state index contributed by atoms with van der Waals surface area (Å²) in [6.07, 6.45) is 0. The number of ether oxygens (including phenoxy) is 2. The first-order valence-corrected chi connectivity index (χ1v) is 8.83. The fourth-order valence-corrected chi connectivity index (χ4v) is 2.49. The second kappa shape index (κ2) is 9.29. The molecule has 3 aromatic carbocycles. The molecule has 1 amide bonds. The molecule has 0 aromatic heterocycles. The Balaban J connectivity index is 1.52. The van der Waals surface area contributed by atoms with E-state index < -0.39 is 0 Å². The zero-order chi connectivity index (χ0) is 18.9. The highest BCUT2D eigenvalue weighted by atomic mass is 16.5. The molecular formula is C22H22N2O3. The average Bonchev–Trinajstić information content (AvgIpc) is 2.70. The summed E-state index contributed by atoms with van der Waals surface area (Å²) >= 11 is 0. The number of anilines is 2. The van der Waals surface area contributed by atoms with Crippen LogP contribution in [0.1, 0.15) is 6.92 Å². The van der Waals surface area contributed by atoms with Gasteiger partial charge in [-0.1, -0.05) is 30.3 Å². The molecule has 0 unspecified atom stereocenters. The van der Waals surface area contributed by atoms with Crippen LogP contribution in [0.5, 0.6) is 17.2 Å². The minimum absolute atomic E-state index is 0.147. The third-order valence-corrected chi connectivity index (χ3v) is 3.75. The molecule has 0 fully saturated rings. The number of rotatable bonds is 8. The van der Waals surface area contributed by atoms with Crippen LogP contribution in [0.3, 0.4) is 0 Å². The number of hydrogen-bond donors (Lipinski definition) is 2. The molecule has 2 N–H and O–H groups in total. The zero-order valence-electron chi connectivity index (χ0n) is 15.1. The molecule has 0 aliphatic heterocycles. The van der Waals surface area contributed by atoms with Crippen LogP contribution in [-0.4, -0.2) is 19.1 Å². The van der Waals surface area contributed by atoms with E-state index in [9.17, 15) is 4.79 Å². The van der Waals surface area contributed by atoms with Crippen molar-refractivity contribution in [3.63, 3.8) is 0 Å². The van der Waals surface area contributed by atoms with Crippen molar-refractivity contribution in [1.82, 2.24) is 0 Å². The molecule has 0 radical (unpaired) electrons. The van der Waals surface area contributed by atoms with Crippen LogP contribution >= 0.6 is 0 Å². The van der Waals surface area contributed by atoms with Gasteiger partial charge >= 0.3 is 0 Å². The third-order valence-electron chi connectivity index (χ3n) is 3.75. The fraction of sp³-hybridized carbons (Fsp3) is 0.136. The molecule has 3 aromatic rings. The van der Waals surface area contributed by atoms with Crippen LogP contribution in [-0.2, 0) is 4.79 Å². The minimum atomic E-state index is -0.147. The van der Waals surface area contributed by atoms with Crippen molar-refractivity contribution in [1.29, 1.82) is 0 Å². The largest absolute Gasteiger partial charge is 0.492 e. The number of carbonyl (C=O) groups is 1. The molecule has 0 bridgehead atoms. The van der Waals surface area contributed by atoms with Crippen LogP contribution in [0.2, 0.25) is 0 Å². The van der Waals surface area contributed by atoms with Gasteiger partial charge in [0.15, 0.2) is 0 Å². The molecule has 0 atom stereocenters. The Labute approximate surface area is 158 Å². The number of carbonyl (C=O) groups excluding carboxylic acids is 1. The van der Waals surface area contributed by atoms with Crippen molar-refractivity contribution in [3.8, 4) is 17.2 Å². The van der Waals surface area contributed by atoms with E-state index in [1.165, 1.54) is 0 Å². The van der Waals surface area contributed by atoms with Gasteiger partial charge in [0.2, 0.25) is 5.91 Å². The van der Waals surface area contributed by atoms with Crippen molar-refractivity contribution >= 4 is 17.3 Å². The topological polar surface area (TPSA) is 59.6 Å². The maximum atomic E-state index is 12.2. The first-order chi connectivity index (χ1) is 13.2. The van der Waals surface area contributed by atoms with E-state index in [1.807, 2.05) is 85.8 Å². The fourth-order valence-electron chi connectivity index (χ4n) is 2.49. The van der Waals surface area contributed by atoms with E-state index in [-0.39, 0.29) is 12.5 Å². The molecule has 0 saturated carbocycles. The lowest BCUT2D eigenvalue weighted by Gasteiger charge is -2.12. The Morgan fingerprint density at radius 2 is 1.52 bits per heavy atom. The Kier molecular flexibility index (Phi) is 6.30. The predicted octanol–water partition coefficient (Wildman–Crippen LogP) is 4.93. The number of hydrogen-bond acceptors (Lipinski definition) is 4. The van der Waals surface area contributed by atoms with Gasteiger partial charge in [0, 0.05) is 5.69 Å². The van der Waals surface area contributed by atoms with Crippen LogP contribution in [0.25, 0.3) is 0 Å². The standard InChI is InChI=1S/C22H22N2O3/c1-2-26-21-11-7-6-10-20(21)24-22(25)16-23-17-12-14-19(15-13-17)27-18-8-4-3-5-9-18/h3-15,23H,2,16H2,1H3,(H,24,25). The molecular weight excluding hydrogens is 340 g/mol. The summed E-state index contributed by atoms with van der Waals surface area (Å²) in [7, 11) is 0. The number of benzene rings is 3. The molecule has 3 rings (SSSR count). The highest BCUT2D eigenvalue weighted by molar-refractivity contribution is 5.95. The minimum Gasteiger partial charge on any atom is -0.492 e. The van der Waals surface area contributed by atoms with Gasteiger partial charge in [-0.05, 0) is 55.5 Å². The van der Waals surface area contributed by atoms with Crippen molar-refractivity contribution in [2.75, 3.05) is 23.8 Å². The lowest BCUT2D eigenvalue weighted by molar-refractivity contribution is -0.114. The Morgan fingerprint density at radius 3 is 2.26 bits per heavy atom. The first kappa shape index (κ1) is 18.3. The summed E-state index contributed by atoms with van der Waals surface area (Å²) < 4.78 is 11.3. The highest BCUT2D eigenvalue weighted by Gasteiger charge is 2.07. The molecule has 5 heteroatoms. The summed E-state index contributed by atoms with van der Waals surface area (Å²) in [5.41, 5.74) is 1.50. The van der Waals surface area contributed by atoms with Crippen LogP contribution in [0, 0.1) is 0 Å². The first-order valence-electron chi connectivity index (χ1n) is 8.83. The van der Waals surface area contributed by atoms with Crippen LogP contribution < -0.4 is 20.1 Å². The van der Waals surface area contributed by atoms with Gasteiger partial charge in [-0.3, -0.25) is 4.79 Å². The van der Waals surface area contributed by atoms with E-state index >= 15 is 0 Å². The summed E-state index contributed by atoms with van der Waals surface area (Å²) in [6.45, 7) is 2.60. The average molecular weight is 362 g/mol. The number of nitrogens with one attached hydrogen (secondary N) is 2. The third kappa shape index (κ3) is 5.51. The molecule has 0 heterocycles. The van der Waals surface area contributed by atoms with Gasteiger partial charge in [0.05, 0.1) is 18.8 Å². The lowest BCUT2D eigenvalue weighted by atomic mass is 10.2. The van der Waals surface area contributed by atoms with Gasteiger partial charge in [-0.2, -0.15) is 0 Å².